The van der Waals surface area contributed by atoms with E-state index in [1.54, 1.807) is 32.4 Å². The molecule has 5 heteroatoms. The average Bonchev–Trinajstić information content (AvgIpc) is 2.20. The van der Waals surface area contributed by atoms with Crippen LogP contribution in [0.15, 0.2) is 24.5 Å². The molecule has 0 aliphatic heterocycles. The van der Waals surface area contributed by atoms with Crippen molar-refractivity contribution < 1.29 is 9.59 Å². The smallest absolute Gasteiger partial charge is 0.250 e. The first-order chi connectivity index (χ1) is 6.57. The summed E-state index contributed by atoms with van der Waals surface area (Å²) in [6.45, 7) is 0. The molecular formula is C9H13N3O2. The van der Waals surface area contributed by atoms with Gasteiger partial charge in [-0.05, 0) is 12.1 Å². The fraction of sp³-hybridized carbons (Fsp3) is 0.222. The van der Waals surface area contributed by atoms with E-state index in [4.69, 9.17) is 5.73 Å². The Hall–Kier alpha value is -1.91. The Balaban J connectivity index is 0.000000292. The number of amides is 2. The Morgan fingerprint density at radius 3 is 2.36 bits per heavy atom. The van der Waals surface area contributed by atoms with E-state index >= 15 is 0 Å². The largest absolute Gasteiger partial charge is 0.366 e. The van der Waals surface area contributed by atoms with Crippen molar-refractivity contribution in [1.82, 2.24) is 9.88 Å². The highest BCUT2D eigenvalue weighted by Gasteiger charge is 1.94. The maximum Gasteiger partial charge on any atom is 0.250 e. The zero-order valence-corrected chi connectivity index (χ0v) is 8.18. The quantitative estimate of drug-likeness (QED) is 0.668. The zero-order chi connectivity index (χ0) is 11.0. The topological polar surface area (TPSA) is 76.3 Å². The number of rotatable bonds is 2. The first-order valence-electron chi connectivity index (χ1n) is 3.89. The van der Waals surface area contributed by atoms with Gasteiger partial charge >= 0.3 is 0 Å². The van der Waals surface area contributed by atoms with E-state index in [2.05, 4.69) is 4.98 Å². The summed E-state index contributed by atoms with van der Waals surface area (Å²) in [5.41, 5.74) is 5.38. The van der Waals surface area contributed by atoms with E-state index < -0.39 is 5.91 Å². The van der Waals surface area contributed by atoms with Crippen LogP contribution in [0.25, 0.3) is 0 Å². The molecule has 1 aromatic rings. The third-order valence-corrected chi connectivity index (χ3v) is 1.16. The van der Waals surface area contributed by atoms with Gasteiger partial charge in [0, 0.05) is 26.5 Å². The molecule has 0 unspecified atom stereocenters. The predicted octanol–water partition coefficient (Wildman–Crippen LogP) is -0.115. The molecule has 0 atom stereocenters. The van der Waals surface area contributed by atoms with Crippen molar-refractivity contribution in [3.63, 3.8) is 0 Å². The summed E-state index contributed by atoms with van der Waals surface area (Å²) in [5, 5.41) is 0. The predicted molar refractivity (Wildman–Crippen MR) is 52.5 cm³/mol. The van der Waals surface area contributed by atoms with Crippen LogP contribution < -0.4 is 5.73 Å². The average molecular weight is 195 g/mol. The first kappa shape index (κ1) is 12.1. The van der Waals surface area contributed by atoms with Gasteiger partial charge in [0.25, 0.3) is 0 Å². The van der Waals surface area contributed by atoms with Crippen LogP contribution >= 0.6 is 0 Å². The van der Waals surface area contributed by atoms with Crippen molar-refractivity contribution in [2.45, 2.75) is 0 Å². The minimum atomic E-state index is -0.442. The highest BCUT2D eigenvalue weighted by Crippen LogP contribution is 1.91. The lowest BCUT2D eigenvalue weighted by Gasteiger charge is -1.93. The van der Waals surface area contributed by atoms with Gasteiger partial charge < -0.3 is 10.6 Å². The summed E-state index contributed by atoms with van der Waals surface area (Å²) < 4.78 is 0. The van der Waals surface area contributed by atoms with Crippen molar-refractivity contribution in [3.05, 3.63) is 30.1 Å². The number of nitrogens with two attached hydrogens (primary N) is 1. The van der Waals surface area contributed by atoms with Gasteiger partial charge in [0.15, 0.2) is 0 Å². The van der Waals surface area contributed by atoms with E-state index in [9.17, 15) is 9.59 Å². The van der Waals surface area contributed by atoms with Gasteiger partial charge in [-0.15, -0.1) is 0 Å². The van der Waals surface area contributed by atoms with E-state index in [1.165, 1.54) is 11.1 Å². The number of nitrogens with zero attached hydrogens (tertiary/aromatic N) is 2. The maximum absolute atomic E-state index is 10.4. The molecule has 0 fully saturated rings. The molecule has 0 saturated heterocycles. The Morgan fingerprint density at radius 1 is 1.57 bits per heavy atom. The van der Waals surface area contributed by atoms with Gasteiger partial charge in [0.1, 0.15) is 0 Å². The Kier molecular flexibility index (Phi) is 5.69. The monoisotopic (exact) mass is 195 g/mol. The fourth-order valence-electron chi connectivity index (χ4n) is 0.509. The number of carbonyl (C=O) groups is 2. The molecule has 2 amide bonds. The molecule has 2 N–H and O–H groups in total. The second kappa shape index (κ2) is 6.59. The van der Waals surface area contributed by atoms with E-state index in [0.29, 0.717) is 5.56 Å². The summed E-state index contributed by atoms with van der Waals surface area (Å²) in [6, 6.07) is 3.29. The SMILES string of the molecule is CN(C)C=O.NC(=O)c1cccnc1. The first-order valence-corrected chi connectivity index (χ1v) is 3.89. The molecule has 0 bridgehead atoms. The molecule has 0 saturated carbocycles. The van der Waals surface area contributed by atoms with Crippen LogP contribution in [0, 0.1) is 0 Å². The molecule has 0 spiro atoms. The van der Waals surface area contributed by atoms with E-state index in [-0.39, 0.29) is 0 Å². The number of carbonyl (C=O) groups excluding carboxylic acids is 2. The summed E-state index contributed by atoms with van der Waals surface area (Å²) in [5.74, 6) is -0.442. The molecule has 0 aliphatic rings. The van der Waals surface area contributed by atoms with Crippen molar-refractivity contribution >= 4 is 12.3 Å². The molecule has 1 aromatic heterocycles. The lowest BCUT2D eigenvalue weighted by molar-refractivity contribution is -0.115. The molecule has 1 rings (SSSR count). The van der Waals surface area contributed by atoms with Gasteiger partial charge in [0.2, 0.25) is 12.3 Å². The van der Waals surface area contributed by atoms with Crippen molar-refractivity contribution in [1.29, 1.82) is 0 Å². The third kappa shape index (κ3) is 5.70. The Morgan fingerprint density at radius 2 is 2.14 bits per heavy atom. The van der Waals surface area contributed by atoms with Crippen LogP contribution in [-0.4, -0.2) is 36.3 Å². The van der Waals surface area contributed by atoms with Crippen LogP contribution in [0.2, 0.25) is 0 Å². The van der Waals surface area contributed by atoms with Crippen LogP contribution in [0.3, 0.4) is 0 Å². The highest BCUT2D eigenvalue weighted by atomic mass is 16.1. The lowest BCUT2D eigenvalue weighted by atomic mass is 10.3. The van der Waals surface area contributed by atoms with Gasteiger partial charge in [-0.3, -0.25) is 14.6 Å². The highest BCUT2D eigenvalue weighted by molar-refractivity contribution is 5.92. The van der Waals surface area contributed by atoms with Gasteiger partial charge in [-0.25, -0.2) is 0 Å². The standard InChI is InChI=1S/C6H6N2O.C3H7NO/c7-6(9)5-2-1-3-8-4-5;1-4(2)3-5/h1-4H,(H2,7,9);3H,1-2H3. The fourth-order valence-corrected chi connectivity index (χ4v) is 0.509. The minimum absolute atomic E-state index is 0.442. The van der Waals surface area contributed by atoms with Crippen LogP contribution in [0.4, 0.5) is 0 Å². The summed E-state index contributed by atoms with van der Waals surface area (Å²) in [4.78, 5) is 25.0. The normalized spacial score (nSPS) is 8.14. The van der Waals surface area contributed by atoms with E-state index in [0.717, 1.165) is 6.41 Å². The van der Waals surface area contributed by atoms with Crippen molar-refractivity contribution in [3.8, 4) is 0 Å². The molecular weight excluding hydrogens is 182 g/mol. The molecule has 76 valence electrons. The van der Waals surface area contributed by atoms with Crippen LogP contribution in [0.1, 0.15) is 10.4 Å². The Labute approximate surface area is 82.5 Å². The second-order valence-corrected chi connectivity index (χ2v) is 2.67. The number of hydrogen-bond acceptors (Lipinski definition) is 3. The molecule has 14 heavy (non-hydrogen) atoms. The number of aromatic nitrogens is 1. The Bertz CT molecular complexity index is 285. The zero-order valence-electron chi connectivity index (χ0n) is 8.18. The van der Waals surface area contributed by atoms with Gasteiger partial charge in [-0.1, -0.05) is 0 Å². The van der Waals surface area contributed by atoms with E-state index in [1.807, 2.05) is 0 Å². The lowest BCUT2D eigenvalue weighted by Crippen LogP contribution is -2.10. The molecule has 0 aliphatic carbocycles. The van der Waals surface area contributed by atoms with Crippen molar-refractivity contribution in [2.75, 3.05) is 14.1 Å². The minimum Gasteiger partial charge on any atom is -0.366 e. The van der Waals surface area contributed by atoms with Crippen molar-refractivity contribution in [2.24, 2.45) is 5.73 Å². The molecule has 0 radical (unpaired) electrons. The third-order valence-electron chi connectivity index (χ3n) is 1.16. The maximum atomic E-state index is 10.4. The van der Waals surface area contributed by atoms with Gasteiger partial charge in [-0.2, -0.15) is 0 Å². The second-order valence-electron chi connectivity index (χ2n) is 2.67. The van der Waals surface area contributed by atoms with Crippen LogP contribution in [0.5, 0.6) is 0 Å². The summed E-state index contributed by atoms with van der Waals surface area (Å²) in [6.07, 6.45) is 3.77. The summed E-state index contributed by atoms with van der Waals surface area (Å²) >= 11 is 0. The molecule has 5 nitrogen and oxygen atoms in total. The van der Waals surface area contributed by atoms with Gasteiger partial charge in [0.05, 0.1) is 5.56 Å². The van der Waals surface area contributed by atoms with Crippen LogP contribution in [-0.2, 0) is 4.79 Å². The molecule has 0 aromatic carbocycles. The number of pyridine rings is 1. The molecule has 1 heterocycles. The summed E-state index contributed by atoms with van der Waals surface area (Å²) in [7, 11) is 3.38. The number of hydrogen-bond donors (Lipinski definition) is 1. The number of primary amides is 1.